The lowest BCUT2D eigenvalue weighted by molar-refractivity contribution is 1.13. The highest BCUT2D eigenvalue weighted by Gasteiger charge is 2.02. The second kappa shape index (κ2) is 5.59. The molecule has 1 aromatic carbocycles. The van der Waals surface area contributed by atoms with Gasteiger partial charge in [0, 0.05) is 24.5 Å². The van der Waals surface area contributed by atoms with Gasteiger partial charge in [-0.05, 0) is 6.07 Å². The predicted octanol–water partition coefficient (Wildman–Crippen LogP) is 1.92. The second-order valence-corrected chi connectivity index (χ2v) is 2.83. The fraction of sp³-hybridized carbons (Fsp3) is 0.0909. The molecular weight excluding hydrogens is 188 g/mol. The van der Waals surface area contributed by atoms with Gasteiger partial charge in [-0.3, -0.25) is 5.43 Å². The van der Waals surface area contributed by atoms with E-state index >= 15 is 0 Å². The van der Waals surface area contributed by atoms with E-state index in [1.165, 1.54) is 6.21 Å². The fourth-order valence-electron chi connectivity index (χ4n) is 1.12. The van der Waals surface area contributed by atoms with Crippen molar-refractivity contribution in [2.45, 2.75) is 0 Å². The fourth-order valence-corrected chi connectivity index (χ4v) is 1.12. The van der Waals surface area contributed by atoms with E-state index in [0.717, 1.165) is 23.2 Å². The molecule has 1 aromatic rings. The molecule has 0 aromatic heterocycles. The van der Waals surface area contributed by atoms with Crippen molar-refractivity contribution in [2.75, 3.05) is 12.5 Å². The Morgan fingerprint density at radius 1 is 1.47 bits per heavy atom. The Morgan fingerprint density at radius 2 is 2.20 bits per heavy atom. The molecule has 0 fully saturated rings. The Bertz CT molecular complexity index is 382. The average molecular weight is 202 g/mol. The number of hydrazone groups is 1. The maximum absolute atomic E-state index is 6.80. The van der Waals surface area contributed by atoms with Crippen LogP contribution < -0.4 is 10.7 Å². The Labute approximate surface area is 89.2 Å². The highest BCUT2D eigenvalue weighted by atomic mass is 15.3. The number of nitrogens with zero attached hydrogens (tertiary/aromatic N) is 1. The number of nitrogens with one attached hydrogen (secondary N) is 3. The number of para-hydroxylation sites is 1. The van der Waals surface area contributed by atoms with Crippen molar-refractivity contribution in [1.29, 1.82) is 5.41 Å². The van der Waals surface area contributed by atoms with E-state index in [1.807, 2.05) is 31.3 Å². The third kappa shape index (κ3) is 2.95. The Hall–Kier alpha value is -2.10. The third-order valence-electron chi connectivity index (χ3n) is 1.89. The van der Waals surface area contributed by atoms with Gasteiger partial charge < -0.3 is 10.7 Å². The second-order valence-electron chi connectivity index (χ2n) is 2.83. The monoisotopic (exact) mass is 202 g/mol. The molecule has 0 saturated heterocycles. The Morgan fingerprint density at radius 3 is 2.87 bits per heavy atom. The van der Waals surface area contributed by atoms with E-state index in [4.69, 9.17) is 5.41 Å². The first kappa shape index (κ1) is 11.0. The summed E-state index contributed by atoms with van der Waals surface area (Å²) in [6.07, 6.45) is 2.49. The van der Waals surface area contributed by atoms with E-state index in [2.05, 4.69) is 22.4 Å². The van der Waals surface area contributed by atoms with Crippen molar-refractivity contribution in [3.8, 4) is 0 Å². The number of anilines is 1. The van der Waals surface area contributed by atoms with E-state index in [9.17, 15) is 0 Å². The van der Waals surface area contributed by atoms with Gasteiger partial charge in [-0.2, -0.15) is 5.10 Å². The molecule has 0 aliphatic carbocycles. The number of hydrogen-bond donors (Lipinski definition) is 3. The summed E-state index contributed by atoms with van der Waals surface area (Å²) in [5, 5.41) is 13.6. The number of hydrogen-bond acceptors (Lipinski definition) is 4. The van der Waals surface area contributed by atoms with Crippen LogP contribution >= 0.6 is 0 Å². The molecule has 0 aliphatic rings. The summed E-state index contributed by atoms with van der Waals surface area (Å²) in [6, 6.07) is 7.69. The molecule has 0 unspecified atom stereocenters. The van der Waals surface area contributed by atoms with Gasteiger partial charge in [-0.25, -0.2) is 0 Å². The van der Waals surface area contributed by atoms with Gasteiger partial charge in [0.05, 0.1) is 11.9 Å². The molecule has 78 valence electrons. The zero-order valence-electron chi connectivity index (χ0n) is 8.62. The van der Waals surface area contributed by atoms with Crippen LogP contribution in [0.15, 0.2) is 35.9 Å². The summed E-state index contributed by atoms with van der Waals surface area (Å²) in [7, 11) is 1.82. The molecule has 0 radical (unpaired) electrons. The SMILES string of the molecule is C=C(NC)c1ccccc1N/N=C\C=N. The number of rotatable bonds is 5. The van der Waals surface area contributed by atoms with Gasteiger partial charge in [0.15, 0.2) is 0 Å². The van der Waals surface area contributed by atoms with Gasteiger partial charge in [0.1, 0.15) is 0 Å². The minimum atomic E-state index is 0.822. The molecule has 0 spiro atoms. The van der Waals surface area contributed by atoms with Gasteiger partial charge in [-0.1, -0.05) is 24.8 Å². The molecule has 0 aliphatic heterocycles. The van der Waals surface area contributed by atoms with Crippen molar-refractivity contribution < 1.29 is 0 Å². The molecule has 1 rings (SSSR count). The predicted molar refractivity (Wildman–Crippen MR) is 65.4 cm³/mol. The summed E-state index contributed by atoms with van der Waals surface area (Å²) >= 11 is 0. The lowest BCUT2D eigenvalue weighted by Gasteiger charge is -2.10. The normalized spacial score (nSPS) is 9.93. The smallest absolute Gasteiger partial charge is 0.0654 e. The van der Waals surface area contributed by atoms with Crippen LogP contribution in [0.4, 0.5) is 5.69 Å². The molecule has 3 N–H and O–H groups in total. The Kier molecular flexibility index (Phi) is 4.09. The Balaban J connectivity index is 2.90. The van der Waals surface area contributed by atoms with Crippen molar-refractivity contribution in [3.63, 3.8) is 0 Å². The summed E-state index contributed by atoms with van der Waals surface area (Å²) < 4.78 is 0. The maximum atomic E-state index is 6.80. The first-order valence-corrected chi connectivity index (χ1v) is 4.53. The van der Waals surface area contributed by atoms with Crippen molar-refractivity contribution in [2.24, 2.45) is 5.10 Å². The minimum absolute atomic E-state index is 0.822. The van der Waals surface area contributed by atoms with Crippen molar-refractivity contribution in [1.82, 2.24) is 5.32 Å². The molecule has 0 saturated carbocycles. The molecule has 0 atom stereocenters. The van der Waals surface area contributed by atoms with Crippen LogP contribution in [0.25, 0.3) is 5.70 Å². The zero-order valence-corrected chi connectivity index (χ0v) is 8.62. The third-order valence-corrected chi connectivity index (χ3v) is 1.89. The summed E-state index contributed by atoms with van der Waals surface area (Å²) in [5.74, 6) is 0. The lowest BCUT2D eigenvalue weighted by Crippen LogP contribution is -2.05. The van der Waals surface area contributed by atoms with Crippen LogP contribution in [-0.2, 0) is 0 Å². The molecule has 0 amide bonds. The van der Waals surface area contributed by atoms with Gasteiger partial charge in [0.2, 0.25) is 0 Å². The highest BCUT2D eigenvalue weighted by molar-refractivity contribution is 6.14. The average Bonchev–Trinajstić information content (AvgIpc) is 2.29. The van der Waals surface area contributed by atoms with Crippen LogP contribution in [0.5, 0.6) is 0 Å². The van der Waals surface area contributed by atoms with E-state index in [1.54, 1.807) is 0 Å². The van der Waals surface area contributed by atoms with E-state index in [-0.39, 0.29) is 0 Å². The van der Waals surface area contributed by atoms with E-state index in [0.29, 0.717) is 0 Å². The molecular formula is C11H14N4. The topological polar surface area (TPSA) is 60.3 Å². The van der Waals surface area contributed by atoms with Crippen LogP contribution in [0.3, 0.4) is 0 Å². The quantitative estimate of drug-likeness (QED) is 0.504. The first-order valence-electron chi connectivity index (χ1n) is 4.53. The van der Waals surface area contributed by atoms with Gasteiger partial charge >= 0.3 is 0 Å². The zero-order chi connectivity index (χ0) is 11.1. The highest BCUT2D eigenvalue weighted by Crippen LogP contribution is 2.20. The minimum Gasteiger partial charge on any atom is -0.388 e. The van der Waals surface area contributed by atoms with Crippen LogP contribution in [-0.4, -0.2) is 19.5 Å². The molecule has 4 heteroatoms. The summed E-state index contributed by atoms with van der Waals surface area (Å²) in [4.78, 5) is 0. The van der Waals surface area contributed by atoms with Crippen LogP contribution in [0.1, 0.15) is 5.56 Å². The lowest BCUT2D eigenvalue weighted by atomic mass is 10.1. The van der Waals surface area contributed by atoms with Gasteiger partial charge in [-0.15, -0.1) is 0 Å². The molecule has 4 nitrogen and oxygen atoms in total. The van der Waals surface area contributed by atoms with Crippen LogP contribution in [0, 0.1) is 5.41 Å². The van der Waals surface area contributed by atoms with Crippen molar-refractivity contribution in [3.05, 3.63) is 36.4 Å². The van der Waals surface area contributed by atoms with E-state index < -0.39 is 0 Å². The largest absolute Gasteiger partial charge is 0.388 e. The summed E-state index contributed by atoms with van der Waals surface area (Å²) in [6.45, 7) is 3.88. The van der Waals surface area contributed by atoms with Gasteiger partial charge in [0.25, 0.3) is 0 Å². The standard InChI is InChI=1S/C11H14N4/c1-9(13-2)10-5-3-4-6-11(10)15-14-8-7-12/h3-8,12-13,15H,1H2,2H3/b12-7?,14-8-. The molecule has 0 heterocycles. The molecule has 15 heavy (non-hydrogen) atoms. The maximum Gasteiger partial charge on any atom is 0.0654 e. The van der Waals surface area contributed by atoms with Crippen LogP contribution in [0.2, 0.25) is 0 Å². The summed E-state index contributed by atoms with van der Waals surface area (Å²) in [5.41, 5.74) is 5.49. The number of benzene rings is 1. The molecule has 0 bridgehead atoms. The van der Waals surface area contributed by atoms with Crippen molar-refractivity contribution >= 4 is 23.8 Å². The first-order chi connectivity index (χ1) is 7.29.